The van der Waals surface area contributed by atoms with Crippen molar-refractivity contribution in [3.05, 3.63) is 23.2 Å². The van der Waals surface area contributed by atoms with E-state index in [0.717, 1.165) is 48.1 Å². The van der Waals surface area contributed by atoms with Crippen molar-refractivity contribution in [2.45, 2.75) is 45.8 Å². The molecule has 3 rings (SSSR count). The zero-order valence-electron chi connectivity index (χ0n) is 14.3. The Morgan fingerprint density at radius 1 is 1.33 bits per heavy atom. The molecule has 0 saturated carbocycles. The van der Waals surface area contributed by atoms with Gasteiger partial charge in [-0.2, -0.15) is 0 Å². The number of imidazole rings is 1. The van der Waals surface area contributed by atoms with E-state index in [1.807, 2.05) is 38.1 Å². The van der Waals surface area contributed by atoms with Crippen LogP contribution in [0.5, 0.6) is 0 Å². The number of rotatable bonds is 2. The van der Waals surface area contributed by atoms with Gasteiger partial charge in [0.2, 0.25) is 0 Å². The monoisotopic (exact) mass is 394 g/mol. The molecule has 0 N–H and O–H groups in total. The summed E-state index contributed by atoms with van der Waals surface area (Å²) in [6.07, 6.45) is 5.40. The maximum atomic E-state index is 12.1. The van der Waals surface area contributed by atoms with E-state index < -0.39 is 5.60 Å². The Morgan fingerprint density at radius 3 is 2.71 bits per heavy atom. The molecule has 24 heavy (non-hydrogen) atoms. The summed E-state index contributed by atoms with van der Waals surface area (Å²) >= 11 is 3.41. The number of carbonyl (C=O) groups excluding carboxylic acids is 1. The lowest BCUT2D eigenvalue weighted by atomic mass is 9.97. The van der Waals surface area contributed by atoms with E-state index in [4.69, 9.17) is 4.74 Å². The number of hydrogen-bond donors (Lipinski definition) is 0. The third kappa shape index (κ3) is 4.06. The first-order chi connectivity index (χ1) is 11.3. The van der Waals surface area contributed by atoms with E-state index in [0.29, 0.717) is 5.92 Å². The van der Waals surface area contributed by atoms with Crippen LogP contribution in [-0.2, 0) is 11.3 Å². The van der Waals surface area contributed by atoms with E-state index in [1.165, 1.54) is 0 Å². The average Bonchev–Trinajstić information content (AvgIpc) is 2.88. The molecule has 0 spiro atoms. The fourth-order valence-corrected chi connectivity index (χ4v) is 3.30. The van der Waals surface area contributed by atoms with Crippen molar-refractivity contribution in [2.75, 3.05) is 13.1 Å². The van der Waals surface area contributed by atoms with Gasteiger partial charge in [-0.25, -0.2) is 14.8 Å². The summed E-state index contributed by atoms with van der Waals surface area (Å²) in [5.74, 6) is 0.535. The number of fused-ring (bicyclic) bond motifs is 1. The van der Waals surface area contributed by atoms with E-state index in [1.54, 1.807) is 6.20 Å². The lowest BCUT2D eigenvalue weighted by Crippen LogP contribution is -2.42. The first-order valence-corrected chi connectivity index (χ1v) is 9.05. The molecule has 1 fully saturated rings. The average molecular weight is 395 g/mol. The summed E-state index contributed by atoms with van der Waals surface area (Å²) in [4.78, 5) is 22.6. The number of pyridine rings is 1. The van der Waals surface area contributed by atoms with Crippen molar-refractivity contribution in [3.8, 4) is 0 Å². The largest absolute Gasteiger partial charge is 0.444 e. The number of piperidine rings is 1. The number of hydrogen-bond acceptors (Lipinski definition) is 4. The molecule has 1 saturated heterocycles. The quantitative estimate of drug-likeness (QED) is 0.725. The summed E-state index contributed by atoms with van der Waals surface area (Å²) in [6, 6.07) is 2.00. The normalized spacial score (nSPS) is 16.6. The van der Waals surface area contributed by atoms with Crippen molar-refractivity contribution in [1.29, 1.82) is 0 Å². The Labute approximate surface area is 150 Å². The van der Waals surface area contributed by atoms with Crippen molar-refractivity contribution >= 4 is 33.1 Å². The van der Waals surface area contributed by atoms with E-state index in [-0.39, 0.29) is 6.09 Å². The Bertz CT molecular complexity index is 730. The molecular formula is C17H23BrN4O2. The number of carbonyl (C=O) groups is 1. The predicted molar refractivity (Wildman–Crippen MR) is 95.8 cm³/mol. The van der Waals surface area contributed by atoms with Gasteiger partial charge < -0.3 is 14.2 Å². The van der Waals surface area contributed by atoms with Gasteiger partial charge in [0.25, 0.3) is 0 Å². The molecule has 7 heteroatoms. The van der Waals surface area contributed by atoms with Gasteiger partial charge in [-0.3, -0.25) is 0 Å². The lowest BCUT2D eigenvalue weighted by molar-refractivity contribution is 0.0178. The summed E-state index contributed by atoms with van der Waals surface area (Å²) in [7, 11) is 0. The third-order valence-electron chi connectivity index (χ3n) is 4.20. The zero-order valence-corrected chi connectivity index (χ0v) is 15.9. The highest BCUT2D eigenvalue weighted by Crippen LogP contribution is 2.23. The van der Waals surface area contributed by atoms with Gasteiger partial charge >= 0.3 is 6.09 Å². The second-order valence-electron chi connectivity index (χ2n) is 7.30. The Morgan fingerprint density at radius 2 is 2.04 bits per heavy atom. The maximum absolute atomic E-state index is 12.1. The van der Waals surface area contributed by atoms with Gasteiger partial charge in [0.1, 0.15) is 15.7 Å². The second-order valence-corrected chi connectivity index (χ2v) is 8.12. The highest BCUT2D eigenvalue weighted by atomic mass is 79.9. The Balaban J connectivity index is 1.59. The molecule has 0 aromatic carbocycles. The van der Waals surface area contributed by atoms with Crippen LogP contribution in [0.15, 0.2) is 23.2 Å². The number of amides is 1. The molecule has 130 valence electrons. The van der Waals surface area contributed by atoms with Crippen LogP contribution in [0.3, 0.4) is 0 Å². The molecule has 1 amide bonds. The van der Waals surface area contributed by atoms with Crippen LogP contribution < -0.4 is 0 Å². The molecule has 0 bridgehead atoms. The Kier molecular flexibility index (Phi) is 4.80. The second kappa shape index (κ2) is 6.70. The number of halogens is 1. The molecule has 3 heterocycles. The van der Waals surface area contributed by atoms with Crippen LogP contribution in [0.1, 0.15) is 33.6 Å². The van der Waals surface area contributed by atoms with Gasteiger partial charge in [0, 0.05) is 19.6 Å². The summed E-state index contributed by atoms with van der Waals surface area (Å²) in [5, 5.41) is 0. The van der Waals surface area contributed by atoms with Gasteiger partial charge in [-0.05, 0) is 61.5 Å². The van der Waals surface area contributed by atoms with Gasteiger partial charge in [-0.15, -0.1) is 0 Å². The maximum Gasteiger partial charge on any atom is 0.410 e. The first-order valence-electron chi connectivity index (χ1n) is 8.26. The minimum absolute atomic E-state index is 0.205. The molecule has 2 aromatic heterocycles. The van der Waals surface area contributed by atoms with Crippen LogP contribution >= 0.6 is 15.9 Å². The van der Waals surface area contributed by atoms with Crippen LogP contribution in [-0.4, -0.2) is 44.2 Å². The van der Waals surface area contributed by atoms with Crippen molar-refractivity contribution in [2.24, 2.45) is 5.92 Å². The number of ether oxygens (including phenoxy) is 1. The molecular weight excluding hydrogens is 372 g/mol. The van der Waals surface area contributed by atoms with E-state index in [2.05, 4.69) is 30.5 Å². The SMILES string of the molecule is CC(C)(C)OC(=O)N1CCC(Cn2cnc3cnc(Br)cc32)CC1. The fraction of sp³-hybridized carbons (Fsp3) is 0.588. The lowest BCUT2D eigenvalue weighted by Gasteiger charge is -2.33. The molecule has 0 radical (unpaired) electrons. The van der Waals surface area contributed by atoms with E-state index in [9.17, 15) is 4.79 Å². The highest BCUT2D eigenvalue weighted by Gasteiger charge is 2.27. The predicted octanol–water partition coefficient (Wildman–Crippen LogP) is 3.84. The number of nitrogens with zero attached hydrogens (tertiary/aromatic N) is 4. The molecule has 0 aliphatic carbocycles. The van der Waals surface area contributed by atoms with Crippen molar-refractivity contribution in [3.63, 3.8) is 0 Å². The number of likely N-dealkylation sites (tertiary alicyclic amines) is 1. The zero-order chi connectivity index (χ0) is 17.3. The van der Waals surface area contributed by atoms with Crippen LogP contribution in [0.4, 0.5) is 4.79 Å². The summed E-state index contributed by atoms with van der Waals surface area (Å²) in [5.41, 5.74) is 1.56. The highest BCUT2D eigenvalue weighted by molar-refractivity contribution is 9.10. The van der Waals surface area contributed by atoms with Crippen molar-refractivity contribution < 1.29 is 9.53 Å². The molecule has 0 atom stereocenters. The molecule has 1 aliphatic heterocycles. The topological polar surface area (TPSA) is 60.2 Å². The fourth-order valence-electron chi connectivity index (χ4n) is 2.98. The van der Waals surface area contributed by atoms with Crippen LogP contribution in [0.2, 0.25) is 0 Å². The molecule has 2 aromatic rings. The molecule has 0 unspecified atom stereocenters. The van der Waals surface area contributed by atoms with Crippen LogP contribution in [0, 0.1) is 5.92 Å². The molecule has 6 nitrogen and oxygen atoms in total. The molecule has 1 aliphatic rings. The van der Waals surface area contributed by atoms with Gasteiger partial charge in [0.05, 0.1) is 18.0 Å². The van der Waals surface area contributed by atoms with Crippen LogP contribution in [0.25, 0.3) is 11.0 Å². The standard InChI is InChI=1S/C17H23BrN4O2/c1-17(2,3)24-16(23)21-6-4-12(5-7-21)10-22-11-20-13-9-19-15(18)8-14(13)22/h8-9,11-12H,4-7,10H2,1-3H3. The number of aromatic nitrogens is 3. The van der Waals surface area contributed by atoms with Gasteiger partial charge in [0.15, 0.2) is 0 Å². The third-order valence-corrected chi connectivity index (χ3v) is 4.63. The van der Waals surface area contributed by atoms with Gasteiger partial charge in [-0.1, -0.05) is 0 Å². The summed E-state index contributed by atoms with van der Waals surface area (Å²) < 4.78 is 8.44. The minimum Gasteiger partial charge on any atom is -0.444 e. The van der Waals surface area contributed by atoms with E-state index >= 15 is 0 Å². The van der Waals surface area contributed by atoms with Crippen molar-refractivity contribution in [1.82, 2.24) is 19.4 Å². The summed E-state index contributed by atoms with van der Waals surface area (Å²) in [6.45, 7) is 8.10. The smallest absolute Gasteiger partial charge is 0.410 e. The Hall–Kier alpha value is -1.63. The minimum atomic E-state index is -0.439. The first kappa shape index (κ1) is 17.2.